The van der Waals surface area contributed by atoms with Crippen LogP contribution in [-0.2, 0) is 9.59 Å². The summed E-state index contributed by atoms with van der Waals surface area (Å²) in [6.07, 6.45) is 4.24. The van der Waals surface area contributed by atoms with Gasteiger partial charge in [0.25, 0.3) is 0 Å². The van der Waals surface area contributed by atoms with Crippen LogP contribution in [-0.4, -0.2) is 35.0 Å². The van der Waals surface area contributed by atoms with Gasteiger partial charge < -0.3 is 5.11 Å². The molecule has 4 heteroatoms. The molecule has 0 radical (unpaired) electrons. The van der Waals surface area contributed by atoms with E-state index < -0.39 is 5.41 Å². The smallest absolute Gasteiger partial charge is 0.235 e. The van der Waals surface area contributed by atoms with Gasteiger partial charge in [-0.3, -0.25) is 14.5 Å². The van der Waals surface area contributed by atoms with Crippen molar-refractivity contribution in [2.75, 3.05) is 13.2 Å². The van der Waals surface area contributed by atoms with Crippen molar-refractivity contribution in [3.8, 4) is 0 Å². The molecule has 4 nitrogen and oxygen atoms in total. The minimum absolute atomic E-state index is 0.0106. The number of imide groups is 1. The summed E-state index contributed by atoms with van der Waals surface area (Å²) in [4.78, 5) is 25.5. The number of rotatable bonds is 7. The van der Waals surface area contributed by atoms with Crippen molar-refractivity contribution in [2.24, 2.45) is 5.41 Å². The highest BCUT2D eigenvalue weighted by molar-refractivity contribution is 6.05. The van der Waals surface area contributed by atoms with Crippen LogP contribution < -0.4 is 0 Å². The molecule has 1 saturated heterocycles. The van der Waals surface area contributed by atoms with Crippen LogP contribution in [0.1, 0.15) is 52.4 Å². The molecule has 98 valence electrons. The van der Waals surface area contributed by atoms with Gasteiger partial charge in [-0.1, -0.05) is 13.8 Å². The molecule has 0 aromatic carbocycles. The fraction of sp³-hybridized carbons (Fsp3) is 0.846. The van der Waals surface area contributed by atoms with Gasteiger partial charge in [-0.2, -0.15) is 0 Å². The molecule has 1 aliphatic heterocycles. The summed E-state index contributed by atoms with van der Waals surface area (Å²) in [5.74, 6) is -0.0146. The van der Waals surface area contributed by atoms with E-state index in [2.05, 4.69) is 0 Å². The molecule has 17 heavy (non-hydrogen) atoms. The van der Waals surface area contributed by atoms with E-state index in [0.717, 1.165) is 32.1 Å². The lowest BCUT2D eigenvalue weighted by atomic mass is 9.81. The van der Waals surface area contributed by atoms with Gasteiger partial charge in [-0.15, -0.1) is 0 Å². The number of aliphatic hydroxyl groups excluding tert-OH is 1. The van der Waals surface area contributed by atoms with E-state index >= 15 is 0 Å². The number of carbonyl (C=O) groups excluding carboxylic acids is 2. The maximum absolute atomic E-state index is 12.2. The summed E-state index contributed by atoms with van der Waals surface area (Å²) >= 11 is 0. The van der Waals surface area contributed by atoms with Gasteiger partial charge in [0.05, 0.1) is 5.41 Å². The second-order valence-electron chi connectivity index (χ2n) is 4.80. The van der Waals surface area contributed by atoms with E-state index in [1.54, 1.807) is 0 Å². The molecule has 2 amide bonds. The number of unbranched alkanes of at least 4 members (excludes halogenated alkanes) is 2. The normalized spacial score (nSPS) is 19.1. The Kier molecular flexibility index (Phi) is 5.12. The third-order valence-corrected chi connectivity index (χ3v) is 3.88. The molecule has 0 aliphatic carbocycles. The van der Waals surface area contributed by atoms with Crippen LogP contribution in [0.2, 0.25) is 0 Å². The second kappa shape index (κ2) is 6.15. The first-order valence-electron chi connectivity index (χ1n) is 6.57. The summed E-state index contributed by atoms with van der Waals surface area (Å²) in [5, 5.41) is 8.67. The van der Waals surface area contributed by atoms with Gasteiger partial charge in [0.1, 0.15) is 0 Å². The van der Waals surface area contributed by atoms with Crippen LogP contribution in [0.15, 0.2) is 0 Å². The second-order valence-corrected chi connectivity index (χ2v) is 4.80. The van der Waals surface area contributed by atoms with Crippen molar-refractivity contribution in [3.05, 3.63) is 0 Å². The molecule has 0 saturated carbocycles. The molecule has 0 bridgehead atoms. The Balaban J connectivity index is 2.56. The first kappa shape index (κ1) is 14.2. The minimum atomic E-state index is -0.436. The maximum atomic E-state index is 12.2. The molecular weight excluding hydrogens is 218 g/mol. The Labute approximate surface area is 103 Å². The zero-order valence-corrected chi connectivity index (χ0v) is 10.9. The average molecular weight is 241 g/mol. The van der Waals surface area contributed by atoms with Gasteiger partial charge in [0.15, 0.2) is 0 Å². The van der Waals surface area contributed by atoms with E-state index in [9.17, 15) is 9.59 Å². The van der Waals surface area contributed by atoms with E-state index in [1.807, 2.05) is 13.8 Å². The number of likely N-dealkylation sites (tertiary alicyclic amines) is 1. The topological polar surface area (TPSA) is 57.6 Å². The quantitative estimate of drug-likeness (QED) is 0.545. The number of nitrogens with zero attached hydrogens (tertiary/aromatic N) is 1. The monoisotopic (exact) mass is 241 g/mol. The van der Waals surface area contributed by atoms with E-state index in [0.29, 0.717) is 13.0 Å². The molecule has 0 aromatic rings. The Morgan fingerprint density at radius 3 is 2.29 bits per heavy atom. The molecule has 0 aromatic heterocycles. The van der Waals surface area contributed by atoms with Crippen molar-refractivity contribution in [1.29, 1.82) is 0 Å². The van der Waals surface area contributed by atoms with Gasteiger partial charge in [0.2, 0.25) is 11.8 Å². The average Bonchev–Trinajstić information content (AvgIpc) is 2.58. The highest BCUT2D eigenvalue weighted by Gasteiger charge is 2.48. The van der Waals surface area contributed by atoms with Crippen molar-refractivity contribution >= 4 is 11.8 Å². The van der Waals surface area contributed by atoms with Crippen LogP contribution in [0.4, 0.5) is 0 Å². The third-order valence-electron chi connectivity index (χ3n) is 3.88. The van der Waals surface area contributed by atoms with Gasteiger partial charge in [0, 0.05) is 19.6 Å². The molecule has 1 N–H and O–H groups in total. The van der Waals surface area contributed by atoms with Crippen molar-refractivity contribution in [2.45, 2.75) is 52.4 Å². The van der Waals surface area contributed by atoms with Crippen molar-refractivity contribution < 1.29 is 14.7 Å². The molecular formula is C13H23NO3. The fourth-order valence-electron chi connectivity index (χ4n) is 2.45. The van der Waals surface area contributed by atoms with Crippen LogP contribution in [0.5, 0.6) is 0 Å². The highest BCUT2D eigenvalue weighted by atomic mass is 16.3. The minimum Gasteiger partial charge on any atom is -0.396 e. The number of carbonyl (C=O) groups is 2. The molecule has 1 aliphatic rings. The molecule has 1 fully saturated rings. The number of hydrogen-bond acceptors (Lipinski definition) is 3. The maximum Gasteiger partial charge on any atom is 0.235 e. The highest BCUT2D eigenvalue weighted by Crippen LogP contribution is 2.39. The van der Waals surface area contributed by atoms with Crippen molar-refractivity contribution in [3.63, 3.8) is 0 Å². The largest absolute Gasteiger partial charge is 0.396 e. The lowest BCUT2D eigenvalue weighted by Gasteiger charge is -2.23. The molecule has 0 atom stereocenters. The number of aliphatic hydroxyl groups is 1. The molecule has 0 spiro atoms. The zero-order chi connectivity index (χ0) is 12.9. The summed E-state index contributed by atoms with van der Waals surface area (Å²) < 4.78 is 0. The first-order valence-corrected chi connectivity index (χ1v) is 6.57. The standard InChI is InChI=1S/C13H23NO3/c1-3-13(4-2)10-11(16)14(12(13)17)8-6-5-7-9-15/h15H,3-10H2,1-2H3. The number of hydrogen-bond donors (Lipinski definition) is 1. The Bertz CT molecular complexity index is 284. The van der Waals surface area contributed by atoms with Crippen molar-refractivity contribution in [1.82, 2.24) is 4.90 Å². The van der Waals surface area contributed by atoms with Gasteiger partial charge >= 0.3 is 0 Å². The predicted molar refractivity (Wildman–Crippen MR) is 65.3 cm³/mol. The lowest BCUT2D eigenvalue weighted by molar-refractivity contribution is -0.141. The predicted octanol–water partition coefficient (Wildman–Crippen LogP) is 1.71. The molecule has 1 rings (SSSR count). The Morgan fingerprint density at radius 1 is 1.18 bits per heavy atom. The fourth-order valence-corrected chi connectivity index (χ4v) is 2.45. The molecule has 0 unspecified atom stereocenters. The first-order chi connectivity index (χ1) is 8.11. The summed E-state index contributed by atoms with van der Waals surface area (Å²) in [7, 11) is 0. The van der Waals surface area contributed by atoms with E-state index in [1.165, 1.54) is 4.90 Å². The summed E-state index contributed by atoms with van der Waals surface area (Å²) in [6.45, 7) is 4.64. The van der Waals surface area contributed by atoms with Crippen LogP contribution >= 0.6 is 0 Å². The van der Waals surface area contributed by atoms with Gasteiger partial charge in [-0.25, -0.2) is 0 Å². The van der Waals surface area contributed by atoms with Crippen LogP contribution in [0.25, 0.3) is 0 Å². The third kappa shape index (κ3) is 2.86. The Hall–Kier alpha value is -0.900. The van der Waals surface area contributed by atoms with Gasteiger partial charge in [-0.05, 0) is 32.1 Å². The van der Waals surface area contributed by atoms with Crippen LogP contribution in [0, 0.1) is 5.41 Å². The van der Waals surface area contributed by atoms with E-state index in [-0.39, 0.29) is 18.4 Å². The zero-order valence-electron chi connectivity index (χ0n) is 10.9. The van der Waals surface area contributed by atoms with Crippen LogP contribution in [0.3, 0.4) is 0 Å². The number of amides is 2. The molecule has 1 heterocycles. The lowest BCUT2D eigenvalue weighted by Crippen LogP contribution is -2.35. The van der Waals surface area contributed by atoms with E-state index in [4.69, 9.17) is 5.11 Å². The summed E-state index contributed by atoms with van der Waals surface area (Å²) in [5.41, 5.74) is -0.436. The Morgan fingerprint density at radius 2 is 1.82 bits per heavy atom. The summed E-state index contributed by atoms with van der Waals surface area (Å²) in [6, 6.07) is 0. The SMILES string of the molecule is CCC1(CC)CC(=O)N(CCCCCO)C1=O.